The van der Waals surface area contributed by atoms with Crippen LogP contribution in [0.2, 0.25) is 5.02 Å². The van der Waals surface area contributed by atoms with Gasteiger partial charge in [0.15, 0.2) is 0 Å². The molecule has 172 valence electrons. The van der Waals surface area contributed by atoms with E-state index in [1.165, 1.54) is 12.1 Å². The molecule has 0 bridgehead atoms. The van der Waals surface area contributed by atoms with E-state index in [2.05, 4.69) is 9.97 Å². The Morgan fingerprint density at radius 1 is 1.15 bits per heavy atom. The minimum absolute atomic E-state index is 0. The van der Waals surface area contributed by atoms with Crippen LogP contribution in [0, 0.1) is 12.7 Å². The third-order valence-electron chi connectivity index (χ3n) is 6.23. The van der Waals surface area contributed by atoms with Gasteiger partial charge in [-0.05, 0) is 61.2 Å². The van der Waals surface area contributed by atoms with Crippen LogP contribution >= 0.6 is 24.0 Å². The van der Waals surface area contributed by atoms with Gasteiger partial charge in [-0.1, -0.05) is 17.7 Å². The third kappa shape index (κ3) is 4.06. The molecule has 0 unspecified atom stereocenters. The summed E-state index contributed by atoms with van der Waals surface area (Å²) in [6.07, 6.45) is 4.54. The van der Waals surface area contributed by atoms with Crippen LogP contribution in [0.4, 0.5) is 10.2 Å². The van der Waals surface area contributed by atoms with Crippen molar-refractivity contribution in [2.24, 2.45) is 0 Å². The molecule has 4 N–H and O–H groups in total. The molecule has 0 radical (unpaired) electrons. The highest BCUT2D eigenvalue weighted by Gasteiger charge is 2.35. The summed E-state index contributed by atoms with van der Waals surface area (Å²) < 4.78 is 16.5. The number of benzene rings is 1. The summed E-state index contributed by atoms with van der Waals surface area (Å²) in [5.74, 6) is -0.270. The van der Waals surface area contributed by atoms with E-state index in [-0.39, 0.29) is 23.2 Å². The van der Waals surface area contributed by atoms with Crippen molar-refractivity contribution in [3.05, 3.63) is 76.5 Å². The molecular weight excluding hydrogens is 466 g/mol. The lowest BCUT2D eigenvalue weighted by molar-refractivity contribution is 0.0318. The maximum atomic E-state index is 14.6. The van der Waals surface area contributed by atoms with Gasteiger partial charge in [-0.2, -0.15) is 0 Å². The number of aliphatic hydroxyl groups excluding tert-OH is 2. The molecule has 0 amide bonds. The first-order chi connectivity index (χ1) is 15.3. The average Bonchev–Trinajstić information content (AvgIpc) is 3.31. The van der Waals surface area contributed by atoms with Crippen molar-refractivity contribution < 1.29 is 14.6 Å². The second-order valence-corrected chi connectivity index (χ2v) is 8.63. The molecule has 6 nitrogen and oxygen atoms in total. The van der Waals surface area contributed by atoms with Crippen molar-refractivity contribution in [2.75, 3.05) is 5.73 Å². The zero-order chi connectivity index (χ0) is 22.6. The first-order valence-electron chi connectivity index (χ1n) is 10.4. The number of aromatic nitrogens is 3. The fourth-order valence-electron chi connectivity index (χ4n) is 4.50. The fourth-order valence-corrected chi connectivity index (χ4v) is 4.65. The summed E-state index contributed by atoms with van der Waals surface area (Å²) in [6.45, 7) is 1.94. The molecule has 0 fully saturated rings. The first-order valence-corrected chi connectivity index (χ1v) is 10.7. The van der Waals surface area contributed by atoms with E-state index < -0.39 is 24.1 Å². The van der Waals surface area contributed by atoms with E-state index in [1.807, 2.05) is 35.9 Å². The van der Waals surface area contributed by atoms with Gasteiger partial charge in [0.05, 0.1) is 22.1 Å². The number of nitrogens with two attached hydrogens (primary N) is 1. The molecule has 5 rings (SSSR count). The Bertz CT molecular complexity index is 1390. The van der Waals surface area contributed by atoms with Gasteiger partial charge in [0, 0.05) is 28.9 Å². The van der Waals surface area contributed by atoms with Crippen molar-refractivity contribution in [2.45, 2.75) is 38.0 Å². The highest BCUT2D eigenvalue weighted by atomic mass is 35.5. The number of aliphatic hydroxyl groups is 2. The van der Waals surface area contributed by atoms with Crippen LogP contribution in [0.3, 0.4) is 0 Å². The van der Waals surface area contributed by atoms with Crippen LogP contribution in [0.15, 0.2) is 54.4 Å². The lowest BCUT2D eigenvalue weighted by Gasteiger charge is -2.20. The Labute approximate surface area is 200 Å². The SMILES string of the molecule is Cc1nccc2c1ccn2[C@@H]1C=C(CCc2cc(F)c3cc(Cl)c(N)nc3c2)[C@@H](O)[C@H]1O.Cl. The molecule has 0 saturated heterocycles. The van der Waals surface area contributed by atoms with Gasteiger partial charge in [0.25, 0.3) is 0 Å². The summed E-state index contributed by atoms with van der Waals surface area (Å²) in [6, 6.07) is 8.16. The molecule has 9 heteroatoms. The van der Waals surface area contributed by atoms with Gasteiger partial charge in [-0.25, -0.2) is 9.37 Å². The topological polar surface area (TPSA) is 97.2 Å². The number of aryl methyl sites for hydroxylation is 2. The molecule has 3 atom stereocenters. The Balaban J connectivity index is 0.00000259. The predicted octanol–water partition coefficient (Wildman–Crippen LogP) is 4.53. The molecule has 0 aliphatic heterocycles. The lowest BCUT2D eigenvalue weighted by Crippen LogP contribution is -2.29. The van der Waals surface area contributed by atoms with Gasteiger partial charge in [-0.3, -0.25) is 4.98 Å². The Hall–Kier alpha value is -2.71. The Kier molecular flexibility index (Phi) is 6.33. The van der Waals surface area contributed by atoms with Crippen LogP contribution in [0.5, 0.6) is 0 Å². The monoisotopic (exact) mass is 488 g/mol. The first kappa shape index (κ1) is 23.4. The van der Waals surface area contributed by atoms with Crippen LogP contribution in [-0.2, 0) is 6.42 Å². The maximum absolute atomic E-state index is 14.6. The number of hydrogen-bond donors (Lipinski definition) is 3. The van der Waals surface area contributed by atoms with E-state index in [0.29, 0.717) is 23.7 Å². The molecule has 0 saturated carbocycles. The van der Waals surface area contributed by atoms with Crippen LogP contribution in [0.25, 0.3) is 21.8 Å². The number of pyridine rings is 2. The highest BCUT2D eigenvalue weighted by molar-refractivity contribution is 6.33. The van der Waals surface area contributed by atoms with Crippen molar-refractivity contribution in [3.8, 4) is 0 Å². The number of fused-ring (bicyclic) bond motifs is 2. The van der Waals surface area contributed by atoms with E-state index in [9.17, 15) is 14.6 Å². The zero-order valence-corrected chi connectivity index (χ0v) is 19.3. The van der Waals surface area contributed by atoms with Crippen LogP contribution in [-0.4, -0.2) is 37.0 Å². The number of halogens is 3. The minimum atomic E-state index is -0.988. The quantitative estimate of drug-likeness (QED) is 0.366. The van der Waals surface area contributed by atoms with E-state index in [4.69, 9.17) is 17.3 Å². The third-order valence-corrected chi connectivity index (χ3v) is 6.53. The number of rotatable bonds is 4. The summed E-state index contributed by atoms with van der Waals surface area (Å²) in [5, 5.41) is 22.9. The molecule has 1 aromatic carbocycles. The van der Waals surface area contributed by atoms with Gasteiger partial charge >= 0.3 is 0 Å². The van der Waals surface area contributed by atoms with Crippen molar-refractivity contribution >= 4 is 51.6 Å². The smallest absolute Gasteiger partial charge is 0.142 e. The second-order valence-electron chi connectivity index (χ2n) is 8.22. The van der Waals surface area contributed by atoms with E-state index >= 15 is 0 Å². The summed E-state index contributed by atoms with van der Waals surface area (Å²) in [5.41, 5.74) is 9.50. The lowest BCUT2D eigenvalue weighted by atomic mass is 10.0. The Morgan fingerprint density at radius 3 is 2.73 bits per heavy atom. The maximum Gasteiger partial charge on any atom is 0.142 e. The molecule has 3 aromatic heterocycles. The zero-order valence-electron chi connectivity index (χ0n) is 17.7. The van der Waals surface area contributed by atoms with Crippen molar-refractivity contribution in [1.82, 2.24) is 14.5 Å². The van der Waals surface area contributed by atoms with E-state index in [1.54, 1.807) is 12.3 Å². The number of hydrogen-bond acceptors (Lipinski definition) is 5. The fraction of sp³-hybridized carbons (Fsp3) is 0.250. The van der Waals surface area contributed by atoms with Crippen LogP contribution in [0.1, 0.15) is 23.7 Å². The predicted molar refractivity (Wildman–Crippen MR) is 130 cm³/mol. The molecule has 0 spiro atoms. The normalized spacial score (nSPS) is 20.3. The average molecular weight is 489 g/mol. The summed E-state index contributed by atoms with van der Waals surface area (Å²) in [4.78, 5) is 8.49. The minimum Gasteiger partial charge on any atom is -0.388 e. The molecule has 4 aromatic rings. The molecular formula is C24H23Cl2FN4O2. The molecule has 33 heavy (non-hydrogen) atoms. The molecule has 1 aliphatic carbocycles. The molecule has 1 aliphatic rings. The number of nitrogens with zero attached hydrogens (tertiary/aromatic N) is 3. The van der Waals surface area contributed by atoms with Gasteiger partial charge in [0.2, 0.25) is 0 Å². The van der Waals surface area contributed by atoms with Crippen LogP contribution < -0.4 is 5.73 Å². The van der Waals surface area contributed by atoms with Gasteiger partial charge in [-0.15, -0.1) is 12.4 Å². The number of nitrogen functional groups attached to an aromatic ring is 1. The van der Waals surface area contributed by atoms with Crippen molar-refractivity contribution in [3.63, 3.8) is 0 Å². The van der Waals surface area contributed by atoms with Gasteiger partial charge < -0.3 is 20.5 Å². The summed E-state index contributed by atoms with van der Waals surface area (Å²) in [7, 11) is 0. The largest absolute Gasteiger partial charge is 0.388 e. The number of anilines is 1. The van der Waals surface area contributed by atoms with E-state index in [0.717, 1.165) is 27.7 Å². The standard InChI is InChI=1S/C24H22ClFN4O2.ClH/c1-12-15-5-7-30(20(15)4-6-28-12)21-10-14(22(31)23(21)32)3-2-13-8-18(26)16-11-17(25)24(27)29-19(16)9-13;/h4-11,21-23,31-32H,2-3H2,1H3,(H2,27,29);1H/t21-,22-,23+;/m1./s1. The Morgan fingerprint density at radius 2 is 1.94 bits per heavy atom. The van der Waals surface area contributed by atoms with Gasteiger partial charge in [0.1, 0.15) is 23.8 Å². The van der Waals surface area contributed by atoms with Crippen molar-refractivity contribution in [1.29, 1.82) is 0 Å². The molecule has 3 heterocycles. The summed E-state index contributed by atoms with van der Waals surface area (Å²) >= 11 is 5.96. The second kappa shape index (κ2) is 8.91. The highest BCUT2D eigenvalue weighted by Crippen LogP contribution is 2.35.